The van der Waals surface area contributed by atoms with Crippen LogP contribution in [0.1, 0.15) is 42.4 Å². The van der Waals surface area contributed by atoms with Crippen molar-refractivity contribution in [3.05, 3.63) is 23.3 Å². The number of aliphatic carboxylic acids is 1. The Kier molecular flexibility index (Phi) is 2.59. The van der Waals surface area contributed by atoms with Crippen LogP contribution in [0, 0.1) is 6.92 Å². The van der Waals surface area contributed by atoms with Gasteiger partial charge in [-0.05, 0) is 25.8 Å². The Hall–Kier alpha value is -1.49. The molecule has 1 aliphatic heterocycles. The molecule has 2 aliphatic rings. The fourth-order valence-electron chi connectivity index (χ4n) is 2.37. The molecule has 2 fully saturated rings. The van der Waals surface area contributed by atoms with E-state index in [1.807, 2.05) is 13.0 Å². The van der Waals surface area contributed by atoms with Gasteiger partial charge in [0.25, 0.3) is 0 Å². The van der Waals surface area contributed by atoms with E-state index in [-0.39, 0.29) is 13.2 Å². The van der Waals surface area contributed by atoms with Crippen LogP contribution in [0.25, 0.3) is 0 Å². The third-order valence-electron chi connectivity index (χ3n) is 3.93. The Morgan fingerprint density at radius 1 is 1.44 bits per heavy atom. The van der Waals surface area contributed by atoms with E-state index in [2.05, 4.69) is 9.97 Å². The summed E-state index contributed by atoms with van der Waals surface area (Å²) in [6.07, 6.45) is 3.52. The summed E-state index contributed by atoms with van der Waals surface area (Å²) in [5, 5.41) is 9.37. The first-order chi connectivity index (χ1) is 8.62. The molecule has 1 saturated carbocycles. The van der Waals surface area contributed by atoms with Crippen LogP contribution in [-0.2, 0) is 14.9 Å². The number of hydrogen-bond donors (Lipinski definition) is 1. The van der Waals surface area contributed by atoms with Crippen molar-refractivity contribution in [2.45, 2.75) is 37.5 Å². The first-order valence-corrected chi connectivity index (χ1v) is 6.29. The maximum absolute atomic E-state index is 11.4. The van der Waals surface area contributed by atoms with Gasteiger partial charge in [-0.2, -0.15) is 0 Å². The van der Waals surface area contributed by atoms with E-state index in [1.54, 1.807) is 0 Å². The zero-order chi connectivity index (χ0) is 12.8. The molecule has 0 bridgehead atoms. The average molecular weight is 248 g/mol. The van der Waals surface area contributed by atoms with Gasteiger partial charge in [-0.25, -0.2) is 9.97 Å². The van der Waals surface area contributed by atoms with Crippen LogP contribution in [0.4, 0.5) is 0 Å². The fourth-order valence-corrected chi connectivity index (χ4v) is 2.37. The summed E-state index contributed by atoms with van der Waals surface area (Å²) in [6, 6.07) is 1.97. The molecule has 96 valence electrons. The lowest BCUT2D eigenvalue weighted by atomic mass is 9.81. The Balaban J connectivity index is 2.00. The second-order valence-electron chi connectivity index (χ2n) is 5.27. The highest BCUT2D eigenvalue weighted by Gasteiger charge is 2.51. The predicted molar refractivity (Wildman–Crippen MR) is 63.5 cm³/mol. The van der Waals surface area contributed by atoms with E-state index < -0.39 is 11.4 Å². The van der Waals surface area contributed by atoms with Crippen molar-refractivity contribution in [1.29, 1.82) is 0 Å². The normalized spacial score (nSPS) is 22.1. The molecule has 18 heavy (non-hydrogen) atoms. The number of nitrogens with zero attached hydrogens (tertiary/aromatic N) is 2. The molecule has 2 heterocycles. The molecule has 0 amide bonds. The van der Waals surface area contributed by atoms with Crippen molar-refractivity contribution in [3.63, 3.8) is 0 Å². The number of aromatic nitrogens is 2. The highest BCUT2D eigenvalue weighted by Crippen LogP contribution is 2.37. The largest absolute Gasteiger partial charge is 0.480 e. The minimum Gasteiger partial charge on any atom is -0.480 e. The van der Waals surface area contributed by atoms with Crippen molar-refractivity contribution in [1.82, 2.24) is 9.97 Å². The number of carboxylic acids is 1. The molecule has 1 saturated heterocycles. The minimum absolute atomic E-state index is 0.176. The summed E-state index contributed by atoms with van der Waals surface area (Å²) in [5.74, 6) is 0.0133. The molecule has 1 aliphatic carbocycles. The van der Waals surface area contributed by atoms with Crippen LogP contribution in [0.2, 0.25) is 0 Å². The van der Waals surface area contributed by atoms with E-state index in [1.165, 1.54) is 6.42 Å². The fraction of sp³-hybridized carbons (Fsp3) is 0.615. The molecule has 3 rings (SSSR count). The summed E-state index contributed by atoms with van der Waals surface area (Å²) in [7, 11) is 0. The first-order valence-electron chi connectivity index (χ1n) is 6.29. The predicted octanol–water partition coefficient (Wildman–Crippen LogP) is 1.41. The van der Waals surface area contributed by atoms with Gasteiger partial charge in [0.1, 0.15) is 0 Å². The smallest absolute Gasteiger partial charge is 0.322 e. The lowest BCUT2D eigenvalue weighted by molar-refractivity contribution is -0.164. The van der Waals surface area contributed by atoms with Crippen LogP contribution >= 0.6 is 0 Å². The summed E-state index contributed by atoms with van der Waals surface area (Å²) >= 11 is 0. The molecule has 5 nitrogen and oxygen atoms in total. The van der Waals surface area contributed by atoms with Crippen molar-refractivity contribution < 1.29 is 14.6 Å². The molecule has 0 spiro atoms. The van der Waals surface area contributed by atoms with Crippen LogP contribution in [0.3, 0.4) is 0 Å². The van der Waals surface area contributed by atoms with Crippen molar-refractivity contribution in [2.24, 2.45) is 0 Å². The first kappa shape index (κ1) is 11.6. The number of ether oxygens (including phenoxy) is 1. The Bertz CT molecular complexity index is 493. The Labute approximate surface area is 105 Å². The number of hydrogen-bond acceptors (Lipinski definition) is 4. The van der Waals surface area contributed by atoms with Crippen LogP contribution in [-0.4, -0.2) is 34.3 Å². The third-order valence-corrected chi connectivity index (χ3v) is 3.93. The van der Waals surface area contributed by atoms with E-state index in [0.29, 0.717) is 11.7 Å². The summed E-state index contributed by atoms with van der Waals surface area (Å²) in [4.78, 5) is 20.2. The van der Waals surface area contributed by atoms with Crippen LogP contribution < -0.4 is 0 Å². The van der Waals surface area contributed by atoms with Gasteiger partial charge in [0, 0.05) is 17.3 Å². The SMILES string of the molecule is Cc1cc(C2CCC2)nc(C2(C(=O)O)COC2)n1. The average Bonchev–Trinajstić information content (AvgIpc) is 2.10. The van der Waals surface area contributed by atoms with Gasteiger partial charge in [-0.3, -0.25) is 4.79 Å². The highest BCUT2D eigenvalue weighted by atomic mass is 16.5. The molecule has 0 aromatic carbocycles. The monoisotopic (exact) mass is 248 g/mol. The zero-order valence-electron chi connectivity index (χ0n) is 10.3. The number of carbonyl (C=O) groups is 1. The lowest BCUT2D eigenvalue weighted by Gasteiger charge is -2.36. The number of carboxylic acid groups (broad SMARTS) is 1. The van der Waals surface area contributed by atoms with Gasteiger partial charge in [0.2, 0.25) is 0 Å². The summed E-state index contributed by atoms with van der Waals surface area (Å²) in [5.41, 5.74) is 0.815. The quantitative estimate of drug-likeness (QED) is 0.875. The van der Waals surface area contributed by atoms with Gasteiger partial charge in [-0.1, -0.05) is 6.42 Å². The maximum Gasteiger partial charge on any atom is 0.322 e. The van der Waals surface area contributed by atoms with E-state index in [4.69, 9.17) is 4.74 Å². The van der Waals surface area contributed by atoms with Gasteiger partial charge in [0.05, 0.1) is 13.2 Å². The molecule has 0 radical (unpaired) electrons. The Morgan fingerprint density at radius 2 is 2.17 bits per heavy atom. The van der Waals surface area contributed by atoms with Gasteiger partial charge >= 0.3 is 5.97 Å². The topological polar surface area (TPSA) is 72.3 Å². The zero-order valence-corrected chi connectivity index (χ0v) is 10.3. The molecule has 1 aromatic rings. The molecule has 1 N–H and O–H groups in total. The number of aryl methyl sites for hydroxylation is 1. The standard InChI is InChI=1S/C13H16N2O3/c1-8-5-10(9-3-2-4-9)15-11(14-8)13(12(16)17)6-18-7-13/h5,9H,2-4,6-7H2,1H3,(H,16,17). The Morgan fingerprint density at radius 3 is 2.61 bits per heavy atom. The van der Waals surface area contributed by atoms with E-state index in [9.17, 15) is 9.90 Å². The van der Waals surface area contributed by atoms with Crippen molar-refractivity contribution in [2.75, 3.05) is 13.2 Å². The van der Waals surface area contributed by atoms with Crippen LogP contribution in [0.15, 0.2) is 6.07 Å². The van der Waals surface area contributed by atoms with E-state index >= 15 is 0 Å². The van der Waals surface area contributed by atoms with Gasteiger partial charge in [0.15, 0.2) is 11.2 Å². The molecule has 0 atom stereocenters. The number of rotatable bonds is 3. The molecular formula is C13H16N2O3. The van der Waals surface area contributed by atoms with Gasteiger partial charge < -0.3 is 9.84 Å². The van der Waals surface area contributed by atoms with Gasteiger partial charge in [-0.15, -0.1) is 0 Å². The van der Waals surface area contributed by atoms with Crippen molar-refractivity contribution in [3.8, 4) is 0 Å². The lowest BCUT2D eigenvalue weighted by Crippen LogP contribution is -2.54. The summed E-state index contributed by atoms with van der Waals surface area (Å²) < 4.78 is 5.07. The molecule has 5 heteroatoms. The second kappa shape index (κ2) is 4.02. The minimum atomic E-state index is -1.02. The van der Waals surface area contributed by atoms with E-state index in [0.717, 1.165) is 24.2 Å². The maximum atomic E-state index is 11.4. The highest BCUT2D eigenvalue weighted by molar-refractivity contribution is 5.81. The molecular weight excluding hydrogens is 232 g/mol. The van der Waals surface area contributed by atoms with Crippen LogP contribution in [0.5, 0.6) is 0 Å². The van der Waals surface area contributed by atoms with Crippen molar-refractivity contribution >= 4 is 5.97 Å². The second-order valence-corrected chi connectivity index (χ2v) is 5.27. The molecule has 0 unspecified atom stereocenters. The molecule has 1 aromatic heterocycles. The third kappa shape index (κ3) is 1.61. The summed E-state index contributed by atoms with van der Waals surface area (Å²) in [6.45, 7) is 2.24.